The molecule has 1 N–H and O–H groups in total. The fourth-order valence-corrected chi connectivity index (χ4v) is 4.85. The molecule has 0 aliphatic heterocycles. The highest BCUT2D eigenvalue weighted by Crippen LogP contribution is 2.39. The predicted molar refractivity (Wildman–Crippen MR) is 109 cm³/mol. The number of nitrogens with zero attached hydrogens (tertiary/aromatic N) is 1. The van der Waals surface area contributed by atoms with Crippen LogP contribution >= 0.6 is 11.3 Å². The molecule has 0 radical (unpaired) electrons. The summed E-state index contributed by atoms with van der Waals surface area (Å²) in [4.78, 5) is 25.5. The highest BCUT2D eigenvalue weighted by Gasteiger charge is 2.25. The van der Waals surface area contributed by atoms with Crippen molar-refractivity contribution in [3.63, 3.8) is 0 Å². The Morgan fingerprint density at radius 2 is 2.11 bits per heavy atom. The Morgan fingerprint density at radius 3 is 2.82 bits per heavy atom. The Balaban J connectivity index is 1.53. The van der Waals surface area contributed by atoms with Gasteiger partial charge in [-0.1, -0.05) is 44.2 Å². The Morgan fingerprint density at radius 1 is 1.36 bits per heavy atom. The normalized spacial score (nSPS) is 16.5. The third-order valence-electron chi connectivity index (χ3n) is 5.08. The van der Waals surface area contributed by atoms with Crippen molar-refractivity contribution in [2.24, 2.45) is 5.92 Å². The summed E-state index contributed by atoms with van der Waals surface area (Å²) >= 11 is 1.47. The summed E-state index contributed by atoms with van der Waals surface area (Å²) in [6.45, 7) is 3.81. The zero-order chi connectivity index (χ0) is 20.1. The number of benzene rings is 1. The molecule has 28 heavy (non-hydrogen) atoms. The quantitative estimate of drug-likeness (QED) is 0.733. The number of hydrogen-bond donors (Lipinski definition) is 1. The van der Waals surface area contributed by atoms with E-state index in [2.05, 4.69) is 18.3 Å². The molecule has 6 heteroatoms. The Hall–Kier alpha value is -2.65. The zero-order valence-corrected chi connectivity index (χ0v) is 17.0. The second-order valence-electron chi connectivity index (χ2n) is 7.39. The molecule has 1 heterocycles. The second kappa shape index (κ2) is 9.03. The standard InChI is InChI=1S/C22H24N2O3S/c1-14-8-9-17-18(12-23)22(28-19(17)10-14)24-20(25)13-27-21(26)11-15(2)16-6-4-3-5-7-16/h3-7,14-15H,8-11,13H2,1-2H3,(H,24,25)/t14-,15-/m1/s1. The zero-order valence-electron chi connectivity index (χ0n) is 16.2. The van der Waals surface area contributed by atoms with E-state index in [4.69, 9.17) is 4.74 Å². The summed E-state index contributed by atoms with van der Waals surface area (Å²) < 4.78 is 5.13. The van der Waals surface area contributed by atoms with Crippen molar-refractivity contribution in [1.82, 2.24) is 0 Å². The molecule has 0 fully saturated rings. The van der Waals surface area contributed by atoms with Crippen molar-refractivity contribution in [3.8, 4) is 6.07 Å². The molecule has 5 nitrogen and oxygen atoms in total. The number of hydrogen-bond acceptors (Lipinski definition) is 5. The van der Waals surface area contributed by atoms with E-state index in [9.17, 15) is 14.9 Å². The van der Waals surface area contributed by atoms with Gasteiger partial charge in [-0.25, -0.2) is 0 Å². The molecule has 0 unspecified atom stereocenters. The van der Waals surface area contributed by atoms with E-state index in [0.717, 1.165) is 30.4 Å². The molecule has 1 aromatic carbocycles. The van der Waals surface area contributed by atoms with E-state index in [0.29, 0.717) is 16.5 Å². The number of amides is 1. The average Bonchev–Trinajstić information content (AvgIpc) is 3.02. The monoisotopic (exact) mass is 396 g/mol. The van der Waals surface area contributed by atoms with Crippen LogP contribution in [-0.2, 0) is 27.2 Å². The third kappa shape index (κ3) is 4.79. The molecule has 0 saturated carbocycles. The van der Waals surface area contributed by atoms with Crippen molar-refractivity contribution in [1.29, 1.82) is 5.26 Å². The molecule has 2 atom stereocenters. The van der Waals surface area contributed by atoms with Crippen LogP contribution in [0.3, 0.4) is 0 Å². The summed E-state index contributed by atoms with van der Waals surface area (Å²) in [6, 6.07) is 11.9. The molecule has 2 aromatic rings. The maximum Gasteiger partial charge on any atom is 0.306 e. The number of esters is 1. The largest absolute Gasteiger partial charge is 0.456 e. The molecule has 1 aliphatic rings. The molecule has 0 spiro atoms. The maximum absolute atomic E-state index is 12.2. The lowest BCUT2D eigenvalue weighted by Crippen LogP contribution is -2.21. The lowest BCUT2D eigenvalue weighted by Gasteiger charge is -2.17. The summed E-state index contributed by atoms with van der Waals surface area (Å²) in [5.41, 5.74) is 2.68. The number of anilines is 1. The van der Waals surface area contributed by atoms with E-state index in [-0.39, 0.29) is 18.9 Å². The number of rotatable bonds is 6. The predicted octanol–water partition coefficient (Wildman–Crippen LogP) is 4.42. The van der Waals surface area contributed by atoms with E-state index >= 15 is 0 Å². The molecule has 146 valence electrons. The van der Waals surface area contributed by atoms with Gasteiger partial charge in [0, 0.05) is 4.88 Å². The van der Waals surface area contributed by atoms with Gasteiger partial charge in [0.2, 0.25) is 0 Å². The molecule has 1 amide bonds. The number of carbonyl (C=O) groups excluding carboxylic acids is 2. The maximum atomic E-state index is 12.2. The van der Waals surface area contributed by atoms with Gasteiger partial charge in [0.15, 0.2) is 6.61 Å². The molecule has 0 bridgehead atoms. The minimum atomic E-state index is -0.413. The van der Waals surface area contributed by atoms with E-state index in [1.54, 1.807) is 0 Å². The van der Waals surface area contributed by atoms with Gasteiger partial charge in [0.1, 0.15) is 11.1 Å². The minimum absolute atomic E-state index is 0.0213. The highest BCUT2D eigenvalue weighted by molar-refractivity contribution is 7.16. The van der Waals surface area contributed by atoms with Crippen molar-refractivity contribution in [2.45, 2.75) is 45.4 Å². The number of ether oxygens (including phenoxy) is 1. The fourth-order valence-electron chi connectivity index (χ4n) is 3.47. The van der Waals surface area contributed by atoms with Crippen LogP contribution < -0.4 is 5.32 Å². The van der Waals surface area contributed by atoms with Gasteiger partial charge in [-0.05, 0) is 42.2 Å². The number of carbonyl (C=O) groups is 2. The van der Waals surface area contributed by atoms with Crippen LogP contribution in [0.15, 0.2) is 30.3 Å². The smallest absolute Gasteiger partial charge is 0.306 e. The van der Waals surface area contributed by atoms with E-state index < -0.39 is 11.9 Å². The topological polar surface area (TPSA) is 79.2 Å². The van der Waals surface area contributed by atoms with Crippen molar-refractivity contribution in [2.75, 3.05) is 11.9 Å². The number of fused-ring (bicyclic) bond motifs is 1. The summed E-state index contributed by atoms with van der Waals surface area (Å²) in [6.07, 6.45) is 3.09. The fraction of sp³-hybridized carbons (Fsp3) is 0.409. The molecular formula is C22H24N2O3S. The summed E-state index contributed by atoms with van der Waals surface area (Å²) in [7, 11) is 0. The van der Waals surface area contributed by atoms with Crippen LogP contribution in [0.4, 0.5) is 5.00 Å². The first-order valence-electron chi connectivity index (χ1n) is 9.53. The number of thiophene rings is 1. The van der Waals surface area contributed by atoms with Gasteiger partial charge in [-0.3, -0.25) is 9.59 Å². The van der Waals surface area contributed by atoms with Crippen LogP contribution in [0.1, 0.15) is 54.2 Å². The van der Waals surface area contributed by atoms with Crippen molar-refractivity contribution < 1.29 is 14.3 Å². The third-order valence-corrected chi connectivity index (χ3v) is 6.25. The first kappa shape index (κ1) is 20.1. The average molecular weight is 397 g/mol. The molecule has 3 rings (SSSR count). The van der Waals surface area contributed by atoms with Gasteiger partial charge in [-0.2, -0.15) is 5.26 Å². The number of nitriles is 1. The van der Waals surface area contributed by atoms with Crippen LogP contribution in [0, 0.1) is 17.2 Å². The van der Waals surface area contributed by atoms with E-state index in [1.807, 2.05) is 37.3 Å². The Bertz CT molecular complexity index is 898. The van der Waals surface area contributed by atoms with Crippen molar-refractivity contribution >= 4 is 28.2 Å². The number of nitrogens with one attached hydrogen (secondary N) is 1. The van der Waals surface area contributed by atoms with Gasteiger partial charge >= 0.3 is 5.97 Å². The van der Waals surface area contributed by atoms with Crippen molar-refractivity contribution in [3.05, 3.63) is 51.9 Å². The lowest BCUT2D eigenvalue weighted by atomic mass is 9.89. The van der Waals surface area contributed by atoms with Gasteiger partial charge in [0.05, 0.1) is 12.0 Å². The van der Waals surface area contributed by atoms with Gasteiger partial charge in [-0.15, -0.1) is 11.3 Å². The summed E-state index contributed by atoms with van der Waals surface area (Å²) in [5.74, 6) is -0.211. The molecule has 1 aromatic heterocycles. The minimum Gasteiger partial charge on any atom is -0.456 e. The van der Waals surface area contributed by atoms with Crippen LogP contribution in [0.2, 0.25) is 0 Å². The van der Waals surface area contributed by atoms with Crippen LogP contribution in [0.25, 0.3) is 0 Å². The molecular weight excluding hydrogens is 372 g/mol. The summed E-state index contributed by atoms with van der Waals surface area (Å²) in [5, 5.41) is 12.8. The first-order chi connectivity index (χ1) is 13.5. The molecule has 1 aliphatic carbocycles. The Labute approximate surface area is 169 Å². The van der Waals surface area contributed by atoms with Crippen LogP contribution in [-0.4, -0.2) is 18.5 Å². The second-order valence-corrected chi connectivity index (χ2v) is 8.50. The van der Waals surface area contributed by atoms with Gasteiger partial charge < -0.3 is 10.1 Å². The highest BCUT2D eigenvalue weighted by atomic mass is 32.1. The van der Waals surface area contributed by atoms with Crippen LogP contribution in [0.5, 0.6) is 0 Å². The van der Waals surface area contributed by atoms with E-state index in [1.165, 1.54) is 16.2 Å². The SMILES string of the molecule is C[C@@H]1CCc2c(sc(NC(=O)COC(=O)C[C@@H](C)c3ccccc3)c2C#N)C1. The first-order valence-corrected chi connectivity index (χ1v) is 10.3. The lowest BCUT2D eigenvalue weighted by molar-refractivity contribution is -0.147. The van der Waals surface area contributed by atoms with Gasteiger partial charge in [0.25, 0.3) is 5.91 Å². The molecule has 0 saturated heterocycles. The Kier molecular flexibility index (Phi) is 6.48.